The number of aliphatic hydroxyl groups is 2. The number of carbonyl (C=O) groups excluding carboxylic acids is 1. The van der Waals surface area contributed by atoms with Crippen molar-refractivity contribution >= 4 is 5.91 Å². The number of hydrogen-bond donors (Lipinski definition) is 4. The molecule has 2 aliphatic heterocycles. The molecule has 17 heavy (non-hydrogen) atoms. The van der Waals surface area contributed by atoms with Crippen LogP contribution in [-0.4, -0.2) is 59.7 Å². The van der Waals surface area contributed by atoms with Crippen molar-refractivity contribution in [2.75, 3.05) is 13.2 Å². The summed E-state index contributed by atoms with van der Waals surface area (Å²) in [5.74, 6) is -0.218. The fourth-order valence-corrected chi connectivity index (χ4v) is 2.34. The lowest BCUT2D eigenvalue weighted by atomic mass is 10.0. The molecule has 0 saturated carbocycles. The molecule has 98 valence electrons. The normalized spacial score (nSPS) is 42.4. The Kier molecular flexibility index (Phi) is 3.98. The maximum absolute atomic E-state index is 11.9. The Morgan fingerprint density at radius 2 is 2.24 bits per heavy atom. The van der Waals surface area contributed by atoms with E-state index in [2.05, 4.69) is 10.6 Å². The van der Waals surface area contributed by atoms with Crippen LogP contribution in [0, 0.1) is 0 Å². The number of rotatable bonds is 2. The predicted molar refractivity (Wildman–Crippen MR) is 60.4 cm³/mol. The first-order valence-corrected chi connectivity index (χ1v) is 6.09. The zero-order valence-electron chi connectivity index (χ0n) is 9.93. The van der Waals surface area contributed by atoms with Crippen molar-refractivity contribution in [1.82, 2.24) is 10.6 Å². The van der Waals surface area contributed by atoms with Crippen LogP contribution in [0.4, 0.5) is 0 Å². The van der Waals surface area contributed by atoms with Gasteiger partial charge in [-0.15, -0.1) is 0 Å². The molecule has 2 saturated heterocycles. The first kappa shape index (κ1) is 12.8. The van der Waals surface area contributed by atoms with Crippen molar-refractivity contribution in [2.45, 2.75) is 50.2 Å². The Balaban J connectivity index is 1.88. The van der Waals surface area contributed by atoms with Crippen molar-refractivity contribution in [3.8, 4) is 0 Å². The highest BCUT2D eigenvalue weighted by atomic mass is 16.5. The SMILES string of the molecule is C[C@@H]1OC[C@H](O)CC1NC(=O)C1NCCC1O. The third kappa shape index (κ3) is 2.95. The first-order valence-electron chi connectivity index (χ1n) is 6.09. The van der Waals surface area contributed by atoms with Gasteiger partial charge in [0.15, 0.2) is 0 Å². The summed E-state index contributed by atoms with van der Waals surface area (Å²) in [4.78, 5) is 11.9. The Morgan fingerprint density at radius 1 is 1.47 bits per heavy atom. The van der Waals surface area contributed by atoms with Gasteiger partial charge in [0.1, 0.15) is 6.04 Å². The molecular formula is C11H20N2O4. The van der Waals surface area contributed by atoms with Crippen molar-refractivity contribution in [2.24, 2.45) is 0 Å². The van der Waals surface area contributed by atoms with Gasteiger partial charge in [-0.1, -0.05) is 0 Å². The topological polar surface area (TPSA) is 90.8 Å². The van der Waals surface area contributed by atoms with Crippen LogP contribution in [-0.2, 0) is 9.53 Å². The molecule has 0 aromatic carbocycles. The van der Waals surface area contributed by atoms with E-state index in [9.17, 15) is 15.0 Å². The number of carbonyl (C=O) groups is 1. The summed E-state index contributed by atoms with van der Waals surface area (Å²) in [7, 11) is 0. The van der Waals surface area contributed by atoms with Crippen molar-refractivity contribution in [3.63, 3.8) is 0 Å². The first-order chi connectivity index (χ1) is 8.08. The second-order valence-electron chi connectivity index (χ2n) is 4.83. The van der Waals surface area contributed by atoms with Crippen LogP contribution in [0.2, 0.25) is 0 Å². The van der Waals surface area contributed by atoms with Gasteiger partial charge < -0.3 is 25.6 Å². The zero-order valence-corrected chi connectivity index (χ0v) is 9.93. The molecule has 6 nitrogen and oxygen atoms in total. The van der Waals surface area contributed by atoms with E-state index in [1.54, 1.807) is 0 Å². The standard InChI is InChI=1S/C11H20N2O4/c1-6-8(4-7(14)5-17-6)13-11(16)10-9(15)2-3-12-10/h6-10,12,14-15H,2-5H2,1H3,(H,13,16)/t6-,7+,8?,9?,10?/m0/s1. The van der Waals surface area contributed by atoms with E-state index < -0.39 is 18.2 Å². The van der Waals surface area contributed by atoms with Crippen molar-refractivity contribution in [1.29, 1.82) is 0 Å². The molecule has 0 bridgehead atoms. The lowest BCUT2D eigenvalue weighted by Gasteiger charge is -2.33. The Morgan fingerprint density at radius 3 is 2.88 bits per heavy atom. The van der Waals surface area contributed by atoms with Crippen LogP contribution in [0.3, 0.4) is 0 Å². The molecule has 6 heteroatoms. The molecule has 0 aliphatic carbocycles. The third-order valence-electron chi connectivity index (χ3n) is 3.44. The van der Waals surface area contributed by atoms with Gasteiger partial charge in [-0.25, -0.2) is 0 Å². The van der Waals surface area contributed by atoms with Crippen LogP contribution in [0.1, 0.15) is 19.8 Å². The quantitative estimate of drug-likeness (QED) is 0.468. The average Bonchev–Trinajstić information content (AvgIpc) is 2.70. The molecule has 2 rings (SSSR count). The fraction of sp³-hybridized carbons (Fsp3) is 0.909. The number of nitrogens with one attached hydrogen (secondary N) is 2. The van der Waals surface area contributed by atoms with E-state index in [0.717, 1.165) is 0 Å². The van der Waals surface area contributed by atoms with Crippen molar-refractivity contribution in [3.05, 3.63) is 0 Å². The fourth-order valence-electron chi connectivity index (χ4n) is 2.34. The van der Waals surface area contributed by atoms with Gasteiger partial charge in [0.2, 0.25) is 5.91 Å². The van der Waals surface area contributed by atoms with Crippen LogP contribution < -0.4 is 10.6 Å². The maximum atomic E-state index is 11.9. The highest BCUT2D eigenvalue weighted by molar-refractivity contribution is 5.83. The van der Waals surface area contributed by atoms with Crippen LogP contribution >= 0.6 is 0 Å². The second-order valence-corrected chi connectivity index (χ2v) is 4.83. The third-order valence-corrected chi connectivity index (χ3v) is 3.44. The molecule has 2 aliphatic rings. The summed E-state index contributed by atoms with van der Waals surface area (Å²) < 4.78 is 5.35. The molecule has 1 amide bonds. The molecule has 0 radical (unpaired) electrons. The Bertz CT molecular complexity index is 287. The summed E-state index contributed by atoms with van der Waals surface area (Å²) in [5, 5.41) is 24.9. The lowest BCUT2D eigenvalue weighted by Crippen LogP contribution is -2.55. The molecular weight excluding hydrogens is 224 g/mol. The summed E-state index contributed by atoms with van der Waals surface area (Å²) in [6, 6.07) is -0.734. The van der Waals surface area contributed by atoms with Gasteiger partial charge in [0, 0.05) is 0 Å². The molecule has 0 aromatic rings. The monoisotopic (exact) mass is 244 g/mol. The summed E-state index contributed by atoms with van der Waals surface area (Å²) in [5.41, 5.74) is 0. The van der Waals surface area contributed by atoms with Gasteiger partial charge in [-0.3, -0.25) is 4.79 Å². The minimum absolute atomic E-state index is 0.110. The number of aliphatic hydroxyl groups excluding tert-OH is 2. The van der Waals surface area contributed by atoms with Crippen molar-refractivity contribution < 1.29 is 19.7 Å². The second kappa shape index (κ2) is 5.30. The minimum Gasteiger partial charge on any atom is -0.391 e. The predicted octanol–water partition coefficient (Wildman–Crippen LogP) is -1.64. The van der Waals surface area contributed by atoms with E-state index in [1.165, 1.54) is 0 Å². The van der Waals surface area contributed by atoms with Crippen LogP contribution in [0.25, 0.3) is 0 Å². The van der Waals surface area contributed by atoms with Crippen LogP contribution in [0.5, 0.6) is 0 Å². The largest absolute Gasteiger partial charge is 0.391 e. The van der Waals surface area contributed by atoms with Gasteiger partial charge in [-0.05, 0) is 26.3 Å². The highest BCUT2D eigenvalue weighted by Gasteiger charge is 2.35. The van der Waals surface area contributed by atoms with E-state index in [0.29, 0.717) is 26.0 Å². The smallest absolute Gasteiger partial charge is 0.240 e. The van der Waals surface area contributed by atoms with E-state index in [4.69, 9.17) is 4.74 Å². The maximum Gasteiger partial charge on any atom is 0.240 e. The minimum atomic E-state index is -0.625. The number of ether oxygens (including phenoxy) is 1. The zero-order chi connectivity index (χ0) is 12.4. The summed E-state index contributed by atoms with van der Waals surface area (Å²) >= 11 is 0. The summed E-state index contributed by atoms with van der Waals surface area (Å²) in [6.07, 6.45) is -0.175. The number of hydrogen-bond acceptors (Lipinski definition) is 5. The van der Waals surface area contributed by atoms with E-state index in [-0.39, 0.29) is 18.1 Å². The highest BCUT2D eigenvalue weighted by Crippen LogP contribution is 2.15. The lowest BCUT2D eigenvalue weighted by molar-refractivity contribution is -0.129. The van der Waals surface area contributed by atoms with Gasteiger partial charge >= 0.3 is 0 Å². The van der Waals surface area contributed by atoms with Gasteiger partial charge in [-0.2, -0.15) is 0 Å². The Labute approximate surface area is 100 Å². The average molecular weight is 244 g/mol. The van der Waals surface area contributed by atoms with E-state index >= 15 is 0 Å². The van der Waals surface area contributed by atoms with Gasteiger partial charge in [0.25, 0.3) is 0 Å². The van der Waals surface area contributed by atoms with E-state index in [1.807, 2.05) is 6.92 Å². The Hall–Kier alpha value is -0.690. The molecule has 2 fully saturated rings. The molecule has 3 unspecified atom stereocenters. The number of amides is 1. The molecule has 4 N–H and O–H groups in total. The molecule has 0 spiro atoms. The molecule has 5 atom stereocenters. The molecule has 2 heterocycles. The van der Waals surface area contributed by atoms with Crippen LogP contribution in [0.15, 0.2) is 0 Å². The van der Waals surface area contributed by atoms with Gasteiger partial charge in [0.05, 0.1) is 31.0 Å². The summed E-state index contributed by atoms with van der Waals surface area (Å²) in [6.45, 7) is 2.84. The molecule has 0 aromatic heterocycles.